The fraction of sp³-hybridized carbons (Fsp3) is 0.0667. The van der Waals surface area contributed by atoms with Crippen LogP contribution in [0, 0.1) is 35.4 Å². The van der Waals surface area contributed by atoms with Gasteiger partial charge in [0.1, 0.15) is 0 Å². The Morgan fingerprint density at radius 3 is 1.23 bits per heavy atom. The van der Waals surface area contributed by atoms with E-state index in [2.05, 4.69) is 9.47 Å². The molecule has 0 saturated heterocycles. The van der Waals surface area contributed by atoms with Gasteiger partial charge < -0.3 is 9.47 Å². The number of hydrogen-bond acceptors (Lipinski definition) is 4. The molecule has 0 radical (unpaired) electrons. The van der Waals surface area contributed by atoms with E-state index >= 15 is 0 Å². The van der Waals surface area contributed by atoms with Gasteiger partial charge in [0.2, 0.25) is 0 Å². The Hall–Kier alpha value is -4.01. The van der Waals surface area contributed by atoms with Gasteiger partial charge >= 0.3 is 33.7 Å². The second kappa shape index (κ2) is 21.0. The van der Waals surface area contributed by atoms with Crippen LogP contribution in [0.5, 0.6) is 11.5 Å². The van der Waals surface area contributed by atoms with Crippen molar-refractivity contribution in [2.24, 2.45) is 0 Å². The fourth-order valence-electron chi connectivity index (χ4n) is 2.22. The van der Waals surface area contributed by atoms with Gasteiger partial charge in [-0.25, -0.2) is 51.4 Å². The molecular formula is C30H24F4O4Ti. The minimum Gasteiger partial charge on any atom is -0.485 e. The number of ether oxygens (including phenoxy) is 2. The molecule has 4 rings (SSSR count). The van der Waals surface area contributed by atoms with Crippen LogP contribution < -0.4 is 9.47 Å². The van der Waals surface area contributed by atoms with Gasteiger partial charge in [0.05, 0.1) is 23.1 Å². The van der Waals surface area contributed by atoms with Crippen LogP contribution in [-0.4, -0.2) is 11.9 Å². The van der Waals surface area contributed by atoms with Crippen molar-refractivity contribution in [2.45, 2.75) is 13.8 Å². The molecule has 0 aliphatic carbocycles. The van der Waals surface area contributed by atoms with Crippen molar-refractivity contribution in [2.75, 3.05) is 0 Å². The van der Waals surface area contributed by atoms with Crippen LogP contribution in [-0.2, 0) is 31.3 Å². The molecular weight excluding hydrogens is 548 g/mol. The van der Waals surface area contributed by atoms with Crippen molar-refractivity contribution in [3.8, 4) is 11.5 Å². The van der Waals surface area contributed by atoms with Gasteiger partial charge in [0.25, 0.3) is 0 Å². The van der Waals surface area contributed by atoms with Crippen molar-refractivity contribution >= 4 is 11.9 Å². The number of carbonyl (C=O) groups is 2. The van der Waals surface area contributed by atoms with E-state index in [-0.39, 0.29) is 33.2 Å². The number of esters is 2. The number of rotatable bonds is 4. The smallest absolute Gasteiger partial charge is 0.485 e. The quantitative estimate of drug-likeness (QED) is 0.0643. The van der Waals surface area contributed by atoms with Crippen LogP contribution in [0.2, 0.25) is 0 Å². The van der Waals surface area contributed by atoms with E-state index in [1.807, 2.05) is 60.7 Å². The van der Waals surface area contributed by atoms with Crippen molar-refractivity contribution < 1.29 is 58.3 Å². The molecule has 39 heavy (non-hydrogen) atoms. The summed E-state index contributed by atoms with van der Waals surface area (Å²) in [7, 11) is 0. The van der Waals surface area contributed by atoms with Crippen LogP contribution in [0.15, 0.2) is 109 Å². The number of benzene rings is 2. The second-order valence-electron chi connectivity index (χ2n) is 6.74. The average molecular weight is 572 g/mol. The molecule has 0 aliphatic rings. The van der Waals surface area contributed by atoms with Gasteiger partial charge in [-0.2, -0.15) is 36.4 Å². The molecule has 200 valence electrons. The Balaban J connectivity index is 0.000000537. The van der Waals surface area contributed by atoms with Crippen LogP contribution >= 0.6 is 0 Å². The zero-order valence-electron chi connectivity index (χ0n) is 21.0. The monoisotopic (exact) mass is 572 g/mol. The number of allylic oxidation sites excluding steroid dienone is 2. The molecule has 0 saturated carbocycles. The minimum atomic E-state index is -1.03. The molecule has 0 heterocycles. The molecule has 4 nitrogen and oxygen atoms in total. The van der Waals surface area contributed by atoms with Crippen LogP contribution in [0.1, 0.15) is 13.8 Å². The molecule has 0 spiro atoms. The average Bonchev–Trinajstić information content (AvgIpc) is 3.63. The summed E-state index contributed by atoms with van der Waals surface area (Å²) in [5.74, 6) is -5.84. The topological polar surface area (TPSA) is 52.6 Å². The standard InChI is InChI=1S/2C10H7F2O2.2C5H5.Ti/c2*1-2-3-10(13)14-9-5-4-7(11)6-8(9)12;2*1-2-4-5-3-1;/h2*2-5H,1H3;2*1-5H;/q4*-1;+4/b2*3-2+;;;. The Kier molecular flexibility index (Phi) is 18.8. The van der Waals surface area contributed by atoms with E-state index in [9.17, 15) is 27.2 Å². The molecule has 4 aromatic rings. The zero-order valence-corrected chi connectivity index (χ0v) is 22.6. The Morgan fingerprint density at radius 1 is 0.667 bits per heavy atom. The summed E-state index contributed by atoms with van der Waals surface area (Å²) >= 11 is 0. The molecule has 9 heteroatoms. The predicted molar refractivity (Wildman–Crippen MR) is 135 cm³/mol. The maximum absolute atomic E-state index is 12.9. The van der Waals surface area contributed by atoms with Gasteiger partial charge in [-0.05, 0) is 13.8 Å². The van der Waals surface area contributed by atoms with Crippen molar-refractivity contribution in [3.05, 3.63) is 145 Å². The molecule has 0 aromatic heterocycles. The summed E-state index contributed by atoms with van der Waals surface area (Å²) < 4.78 is 59.6. The van der Waals surface area contributed by atoms with Crippen molar-refractivity contribution in [3.63, 3.8) is 0 Å². The second-order valence-corrected chi connectivity index (χ2v) is 6.74. The summed E-state index contributed by atoms with van der Waals surface area (Å²) in [5, 5.41) is 0. The first-order valence-electron chi connectivity index (χ1n) is 11.0. The first-order valence-corrected chi connectivity index (χ1v) is 11.0. The van der Waals surface area contributed by atoms with E-state index in [1.165, 1.54) is 12.2 Å². The molecule has 0 unspecified atom stereocenters. The first-order chi connectivity index (χ1) is 18.3. The molecule has 4 aromatic carbocycles. The number of hydrogen-bond donors (Lipinski definition) is 0. The zero-order chi connectivity index (χ0) is 28.2. The largest absolute Gasteiger partial charge is 4.00 e. The third kappa shape index (κ3) is 16.4. The Bertz CT molecular complexity index is 1130. The molecule has 0 bridgehead atoms. The van der Waals surface area contributed by atoms with E-state index in [1.54, 1.807) is 26.0 Å². The molecule has 0 amide bonds. The molecule has 0 atom stereocenters. The Labute approximate surface area is 239 Å². The minimum absolute atomic E-state index is 0. The van der Waals surface area contributed by atoms with E-state index in [4.69, 9.17) is 0 Å². The third-order valence-electron chi connectivity index (χ3n) is 3.79. The van der Waals surface area contributed by atoms with Gasteiger partial charge in [0, 0.05) is 23.8 Å². The van der Waals surface area contributed by atoms with Gasteiger partial charge in [0.15, 0.2) is 0 Å². The van der Waals surface area contributed by atoms with E-state index < -0.39 is 35.2 Å². The van der Waals surface area contributed by atoms with E-state index in [0.29, 0.717) is 0 Å². The number of halogens is 4. The van der Waals surface area contributed by atoms with Crippen LogP contribution in [0.3, 0.4) is 0 Å². The molecule has 0 aliphatic heterocycles. The molecule has 0 N–H and O–H groups in total. The van der Waals surface area contributed by atoms with Crippen LogP contribution in [0.25, 0.3) is 0 Å². The fourth-order valence-corrected chi connectivity index (χ4v) is 2.22. The summed E-state index contributed by atoms with van der Waals surface area (Å²) in [5.41, 5.74) is 0. The SMILES string of the molecule is C/C=C/C(=O)Oc1ccc(F)[c-]c1F.C/C=C/C(=O)Oc1ccc(F)[c-]c1F.[Ti+4].c1cc[cH-]c1.c1cc[cH-]c1. The van der Waals surface area contributed by atoms with Crippen molar-refractivity contribution in [1.29, 1.82) is 0 Å². The van der Waals surface area contributed by atoms with Crippen LogP contribution in [0.4, 0.5) is 17.6 Å². The van der Waals surface area contributed by atoms with Gasteiger partial charge in [-0.3, -0.25) is 0 Å². The summed E-state index contributed by atoms with van der Waals surface area (Å²) in [4.78, 5) is 21.7. The number of carbonyl (C=O) groups excluding carboxylic acids is 2. The first kappa shape index (κ1) is 35.0. The normalized spacial score (nSPS) is 9.59. The maximum atomic E-state index is 12.9. The summed E-state index contributed by atoms with van der Waals surface area (Å²) in [6.07, 6.45) is 5.16. The maximum Gasteiger partial charge on any atom is 4.00 e. The summed E-state index contributed by atoms with van der Waals surface area (Å²) in [6, 6.07) is 27.5. The van der Waals surface area contributed by atoms with Gasteiger partial charge in [-0.1, -0.05) is 12.2 Å². The predicted octanol–water partition coefficient (Wildman–Crippen LogP) is 7.30. The third-order valence-corrected chi connectivity index (χ3v) is 3.79. The van der Waals surface area contributed by atoms with Gasteiger partial charge in [-0.15, -0.1) is 36.4 Å². The molecule has 0 fully saturated rings. The van der Waals surface area contributed by atoms with E-state index in [0.717, 1.165) is 36.4 Å². The van der Waals surface area contributed by atoms with Crippen molar-refractivity contribution in [1.82, 2.24) is 0 Å². The Morgan fingerprint density at radius 2 is 1.00 bits per heavy atom. The summed E-state index contributed by atoms with van der Waals surface area (Å²) in [6.45, 7) is 3.24.